The van der Waals surface area contributed by atoms with E-state index in [0.29, 0.717) is 16.5 Å². The van der Waals surface area contributed by atoms with Crippen LogP contribution < -0.4 is 10.5 Å². The van der Waals surface area contributed by atoms with Gasteiger partial charge in [0.15, 0.2) is 0 Å². The van der Waals surface area contributed by atoms with Crippen molar-refractivity contribution in [1.29, 1.82) is 5.26 Å². The largest absolute Gasteiger partial charge is 0.395 e. The van der Waals surface area contributed by atoms with Crippen LogP contribution in [0.1, 0.15) is 11.1 Å². The fourth-order valence-corrected chi connectivity index (χ4v) is 3.72. The van der Waals surface area contributed by atoms with E-state index in [0.717, 1.165) is 38.4 Å². The molecule has 1 saturated heterocycles. The molecular formula is C22H23N5O2. The Kier molecular flexibility index (Phi) is 5.56. The molecule has 0 atom stereocenters. The van der Waals surface area contributed by atoms with Crippen molar-refractivity contribution in [2.24, 2.45) is 0 Å². The molecule has 1 fully saturated rings. The van der Waals surface area contributed by atoms with Crippen LogP contribution in [0.3, 0.4) is 0 Å². The summed E-state index contributed by atoms with van der Waals surface area (Å²) in [6.45, 7) is 4.76. The molecule has 0 amide bonds. The minimum atomic E-state index is -0.122. The maximum Gasteiger partial charge on any atom is 0.261 e. The summed E-state index contributed by atoms with van der Waals surface area (Å²) >= 11 is 0. The Bertz CT molecular complexity index is 1090. The third kappa shape index (κ3) is 4.14. The van der Waals surface area contributed by atoms with Crippen molar-refractivity contribution in [1.82, 2.24) is 14.5 Å². The summed E-state index contributed by atoms with van der Waals surface area (Å²) in [6, 6.07) is 15.7. The summed E-state index contributed by atoms with van der Waals surface area (Å²) in [6.07, 6.45) is 1.50. The minimum Gasteiger partial charge on any atom is -0.395 e. The van der Waals surface area contributed by atoms with Crippen LogP contribution in [0.5, 0.6) is 0 Å². The lowest BCUT2D eigenvalue weighted by Gasteiger charge is -2.36. The number of rotatable bonds is 5. The lowest BCUT2D eigenvalue weighted by atomic mass is 10.1. The third-order valence-electron chi connectivity index (χ3n) is 5.38. The van der Waals surface area contributed by atoms with E-state index in [9.17, 15) is 4.79 Å². The average Bonchev–Trinajstić information content (AvgIpc) is 2.77. The molecular weight excluding hydrogens is 366 g/mol. The van der Waals surface area contributed by atoms with Gasteiger partial charge < -0.3 is 10.0 Å². The number of hydrogen-bond acceptors (Lipinski definition) is 6. The lowest BCUT2D eigenvalue weighted by molar-refractivity contribution is 0.250. The summed E-state index contributed by atoms with van der Waals surface area (Å²) in [5, 5.41) is 18.5. The molecule has 2 heterocycles. The maximum absolute atomic E-state index is 12.4. The quantitative estimate of drug-likeness (QED) is 0.713. The number of aliphatic hydroxyl groups is 1. The smallest absolute Gasteiger partial charge is 0.261 e. The highest BCUT2D eigenvalue weighted by atomic mass is 16.3. The molecule has 148 valence electrons. The van der Waals surface area contributed by atoms with Crippen LogP contribution >= 0.6 is 0 Å². The Morgan fingerprint density at radius 2 is 1.83 bits per heavy atom. The third-order valence-corrected chi connectivity index (χ3v) is 5.38. The van der Waals surface area contributed by atoms with Gasteiger partial charge in [-0.2, -0.15) is 5.26 Å². The van der Waals surface area contributed by atoms with Crippen LogP contribution in [0.2, 0.25) is 0 Å². The number of aromatic nitrogens is 2. The molecule has 0 bridgehead atoms. The number of piperazine rings is 1. The standard InChI is InChI=1S/C22H23N5O2/c23-14-17-1-3-18(4-2-17)15-25-7-9-26(10-8-25)19-5-6-20-21(13-19)24-16-27(11-12-28)22(20)29/h1-6,13,16,28H,7-12,15H2. The average molecular weight is 389 g/mol. The first-order chi connectivity index (χ1) is 14.2. The highest BCUT2D eigenvalue weighted by Gasteiger charge is 2.18. The number of fused-ring (bicyclic) bond motifs is 1. The fraction of sp³-hybridized carbons (Fsp3) is 0.318. The predicted molar refractivity (Wildman–Crippen MR) is 112 cm³/mol. The Hall–Kier alpha value is -3.21. The molecule has 1 aromatic heterocycles. The zero-order valence-corrected chi connectivity index (χ0v) is 16.2. The molecule has 1 aliphatic rings. The van der Waals surface area contributed by atoms with Crippen molar-refractivity contribution in [3.05, 3.63) is 70.3 Å². The molecule has 0 radical (unpaired) electrons. The Morgan fingerprint density at radius 3 is 2.52 bits per heavy atom. The summed E-state index contributed by atoms with van der Waals surface area (Å²) in [7, 11) is 0. The van der Waals surface area contributed by atoms with E-state index in [2.05, 4.69) is 20.9 Å². The van der Waals surface area contributed by atoms with Crippen LogP contribution in [0, 0.1) is 11.3 Å². The van der Waals surface area contributed by atoms with Crippen molar-refractivity contribution in [2.75, 3.05) is 37.7 Å². The SMILES string of the molecule is N#Cc1ccc(CN2CCN(c3ccc4c(=O)n(CCO)cnc4c3)CC2)cc1. The number of nitrogens with zero attached hydrogens (tertiary/aromatic N) is 5. The molecule has 4 rings (SSSR count). The first kappa shape index (κ1) is 19.1. The molecule has 7 heteroatoms. The van der Waals surface area contributed by atoms with Crippen LogP contribution in [0.15, 0.2) is 53.6 Å². The Morgan fingerprint density at radius 1 is 1.07 bits per heavy atom. The number of anilines is 1. The second kappa shape index (κ2) is 8.43. The van der Waals surface area contributed by atoms with Gasteiger partial charge in [-0.15, -0.1) is 0 Å². The Balaban J connectivity index is 1.42. The number of nitriles is 1. The summed E-state index contributed by atoms with van der Waals surface area (Å²) in [4.78, 5) is 21.6. The molecule has 1 aliphatic heterocycles. The molecule has 1 N–H and O–H groups in total. The molecule has 0 spiro atoms. The van der Waals surface area contributed by atoms with Crippen molar-refractivity contribution in [2.45, 2.75) is 13.1 Å². The van der Waals surface area contributed by atoms with E-state index in [-0.39, 0.29) is 18.7 Å². The van der Waals surface area contributed by atoms with E-state index in [4.69, 9.17) is 10.4 Å². The van der Waals surface area contributed by atoms with Crippen molar-refractivity contribution in [3.63, 3.8) is 0 Å². The van der Waals surface area contributed by atoms with Crippen LogP contribution in [0.4, 0.5) is 5.69 Å². The number of hydrogen-bond donors (Lipinski definition) is 1. The molecule has 0 aliphatic carbocycles. The lowest BCUT2D eigenvalue weighted by Crippen LogP contribution is -2.46. The van der Waals surface area contributed by atoms with Crippen molar-refractivity contribution in [3.8, 4) is 6.07 Å². The van der Waals surface area contributed by atoms with Crippen LogP contribution in [-0.2, 0) is 13.1 Å². The van der Waals surface area contributed by atoms with Gasteiger partial charge in [-0.05, 0) is 35.9 Å². The van der Waals surface area contributed by atoms with E-state index in [1.165, 1.54) is 16.5 Å². The molecule has 0 saturated carbocycles. The zero-order chi connectivity index (χ0) is 20.2. The predicted octanol–water partition coefficient (Wildman–Crippen LogP) is 1.58. The van der Waals surface area contributed by atoms with Gasteiger partial charge in [-0.25, -0.2) is 4.98 Å². The minimum absolute atomic E-state index is 0.0854. The van der Waals surface area contributed by atoms with Gasteiger partial charge in [-0.3, -0.25) is 14.3 Å². The highest BCUT2D eigenvalue weighted by molar-refractivity contribution is 5.81. The molecule has 0 unspecified atom stereocenters. The topological polar surface area (TPSA) is 85.4 Å². The van der Waals surface area contributed by atoms with Gasteiger partial charge in [0.2, 0.25) is 0 Å². The summed E-state index contributed by atoms with van der Waals surface area (Å²) in [5.74, 6) is 0. The summed E-state index contributed by atoms with van der Waals surface area (Å²) in [5.41, 5.74) is 3.53. The van der Waals surface area contributed by atoms with Crippen molar-refractivity contribution >= 4 is 16.6 Å². The van der Waals surface area contributed by atoms with Crippen molar-refractivity contribution < 1.29 is 5.11 Å². The monoisotopic (exact) mass is 389 g/mol. The van der Waals surface area contributed by atoms with Gasteiger partial charge in [0.1, 0.15) is 0 Å². The molecule has 29 heavy (non-hydrogen) atoms. The van der Waals surface area contributed by atoms with Crippen LogP contribution in [0.25, 0.3) is 10.9 Å². The second-order valence-corrected chi connectivity index (χ2v) is 7.24. The fourth-order valence-electron chi connectivity index (χ4n) is 3.72. The summed E-state index contributed by atoms with van der Waals surface area (Å²) < 4.78 is 1.43. The molecule has 3 aromatic rings. The number of aliphatic hydroxyl groups excluding tert-OH is 1. The van der Waals surface area contributed by atoms with E-state index >= 15 is 0 Å². The van der Waals surface area contributed by atoms with Gasteiger partial charge >= 0.3 is 0 Å². The van der Waals surface area contributed by atoms with Gasteiger partial charge in [-0.1, -0.05) is 12.1 Å². The van der Waals surface area contributed by atoms with Gasteiger partial charge in [0, 0.05) is 38.4 Å². The highest BCUT2D eigenvalue weighted by Crippen LogP contribution is 2.21. The normalized spacial score (nSPS) is 14.8. The van der Waals surface area contributed by atoms with E-state index < -0.39 is 0 Å². The number of benzene rings is 2. The second-order valence-electron chi connectivity index (χ2n) is 7.24. The first-order valence-corrected chi connectivity index (χ1v) is 9.74. The van der Waals surface area contributed by atoms with E-state index in [1.54, 1.807) is 0 Å². The Labute approximate surface area is 169 Å². The molecule has 2 aromatic carbocycles. The molecule has 7 nitrogen and oxygen atoms in total. The zero-order valence-electron chi connectivity index (χ0n) is 16.2. The van der Waals surface area contributed by atoms with Gasteiger partial charge in [0.05, 0.1) is 42.0 Å². The maximum atomic E-state index is 12.4. The van der Waals surface area contributed by atoms with Gasteiger partial charge in [0.25, 0.3) is 5.56 Å². The first-order valence-electron chi connectivity index (χ1n) is 9.74. The van der Waals surface area contributed by atoms with E-state index in [1.807, 2.05) is 42.5 Å². The van der Waals surface area contributed by atoms with Crippen LogP contribution in [-0.4, -0.2) is 52.3 Å².